The predicted molar refractivity (Wildman–Crippen MR) is 89.1 cm³/mol. The standard InChI is InChI=1S/C15H22ClN3S/c1-4-5-12(6-7-16)8-17-14-13-10(2)11(3)20-15(13)19-9-18-14/h9,12H,4-8H2,1-3H3,(H,17,18,19). The molecule has 2 heterocycles. The van der Waals surface area contributed by atoms with Crippen molar-refractivity contribution >= 4 is 39.0 Å². The summed E-state index contributed by atoms with van der Waals surface area (Å²) in [5.41, 5.74) is 1.29. The summed E-state index contributed by atoms with van der Waals surface area (Å²) in [6.07, 6.45) is 5.10. The van der Waals surface area contributed by atoms with Gasteiger partial charge in [-0.2, -0.15) is 0 Å². The highest BCUT2D eigenvalue weighted by Gasteiger charge is 2.13. The van der Waals surface area contributed by atoms with Crippen LogP contribution in [-0.4, -0.2) is 22.4 Å². The van der Waals surface area contributed by atoms with Gasteiger partial charge in [-0.25, -0.2) is 9.97 Å². The molecule has 0 aliphatic carbocycles. The summed E-state index contributed by atoms with van der Waals surface area (Å²) in [6.45, 7) is 7.43. The molecule has 0 bridgehead atoms. The van der Waals surface area contributed by atoms with Gasteiger partial charge >= 0.3 is 0 Å². The molecule has 20 heavy (non-hydrogen) atoms. The number of anilines is 1. The first-order chi connectivity index (χ1) is 9.67. The van der Waals surface area contributed by atoms with Crippen LogP contribution in [-0.2, 0) is 0 Å². The second kappa shape index (κ2) is 7.23. The molecule has 2 aromatic rings. The first-order valence-electron chi connectivity index (χ1n) is 7.17. The number of nitrogens with one attached hydrogen (secondary N) is 1. The van der Waals surface area contributed by atoms with E-state index < -0.39 is 0 Å². The van der Waals surface area contributed by atoms with Crippen molar-refractivity contribution in [2.45, 2.75) is 40.0 Å². The highest BCUT2D eigenvalue weighted by atomic mass is 35.5. The molecular formula is C15H22ClN3S. The van der Waals surface area contributed by atoms with Gasteiger partial charge in [-0.1, -0.05) is 13.3 Å². The van der Waals surface area contributed by atoms with E-state index in [0.29, 0.717) is 5.92 Å². The Bertz CT molecular complexity index is 561. The van der Waals surface area contributed by atoms with Gasteiger partial charge in [0.15, 0.2) is 0 Å². The molecule has 5 heteroatoms. The van der Waals surface area contributed by atoms with Crippen molar-refractivity contribution in [1.29, 1.82) is 0 Å². The molecule has 110 valence electrons. The topological polar surface area (TPSA) is 37.8 Å². The highest BCUT2D eigenvalue weighted by molar-refractivity contribution is 7.18. The number of hydrogen-bond acceptors (Lipinski definition) is 4. The molecule has 1 N–H and O–H groups in total. The van der Waals surface area contributed by atoms with Gasteiger partial charge < -0.3 is 5.32 Å². The Morgan fingerprint density at radius 3 is 2.80 bits per heavy atom. The molecule has 0 amide bonds. The molecule has 1 unspecified atom stereocenters. The third kappa shape index (κ3) is 3.41. The maximum absolute atomic E-state index is 5.89. The predicted octanol–water partition coefficient (Wildman–Crippen LogP) is 4.77. The van der Waals surface area contributed by atoms with Crippen LogP contribution in [0.4, 0.5) is 5.82 Å². The fourth-order valence-electron chi connectivity index (χ4n) is 2.47. The zero-order valence-electron chi connectivity index (χ0n) is 12.4. The van der Waals surface area contributed by atoms with Gasteiger partial charge in [0, 0.05) is 17.3 Å². The Morgan fingerprint density at radius 2 is 2.10 bits per heavy atom. The molecule has 0 saturated carbocycles. The van der Waals surface area contributed by atoms with Crippen LogP contribution >= 0.6 is 22.9 Å². The minimum absolute atomic E-state index is 0.613. The van der Waals surface area contributed by atoms with E-state index in [1.807, 2.05) is 0 Å². The normalized spacial score (nSPS) is 12.8. The summed E-state index contributed by atoms with van der Waals surface area (Å²) in [7, 11) is 0. The summed E-state index contributed by atoms with van der Waals surface area (Å²) >= 11 is 7.62. The third-order valence-corrected chi connectivity index (χ3v) is 5.07. The quantitative estimate of drug-likeness (QED) is 0.749. The Labute approximate surface area is 129 Å². The van der Waals surface area contributed by atoms with Crippen LogP contribution < -0.4 is 5.32 Å². The van der Waals surface area contributed by atoms with E-state index in [-0.39, 0.29) is 0 Å². The first-order valence-corrected chi connectivity index (χ1v) is 8.53. The lowest BCUT2D eigenvalue weighted by Gasteiger charge is -2.16. The zero-order valence-corrected chi connectivity index (χ0v) is 13.9. The molecule has 0 saturated heterocycles. The molecule has 3 nitrogen and oxygen atoms in total. The molecular weight excluding hydrogens is 290 g/mol. The number of halogens is 1. The molecule has 0 spiro atoms. The van der Waals surface area contributed by atoms with Crippen LogP contribution in [0.15, 0.2) is 6.33 Å². The van der Waals surface area contributed by atoms with Crippen LogP contribution in [0, 0.1) is 19.8 Å². The van der Waals surface area contributed by atoms with Crippen molar-refractivity contribution in [3.63, 3.8) is 0 Å². The van der Waals surface area contributed by atoms with E-state index in [2.05, 4.69) is 36.1 Å². The van der Waals surface area contributed by atoms with Crippen LogP contribution in [0.2, 0.25) is 0 Å². The van der Waals surface area contributed by atoms with Crippen molar-refractivity contribution in [1.82, 2.24) is 9.97 Å². The Kier molecular flexibility index (Phi) is 5.61. The number of alkyl halides is 1. The summed E-state index contributed by atoms with van der Waals surface area (Å²) in [4.78, 5) is 11.2. The van der Waals surface area contributed by atoms with E-state index in [1.54, 1.807) is 17.7 Å². The lowest BCUT2D eigenvalue weighted by Crippen LogP contribution is -2.15. The molecule has 1 atom stereocenters. The van der Waals surface area contributed by atoms with E-state index in [4.69, 9.17) is 11.6 Å². The van der Waals surface area contributed by atoms with Gasteiger partial charge in [0.05, 0.1) is 5.39 Å². The molecule has 0 aliphatic heterocycles. The minimum Gasteiger partial charge on any atom is -0.369 e. The van der Waals surface area contributed by atoms with Crippen molar-refractivity contribution in [2.75, 3.05) is 17.7 Å². The lowest BCUT2D eigenvalue weighted by atomic mass is 10.0. The van der Waals surface area contributed by atoms with Crippen molar-refractivity contribution in [3.05, 3.63) is 16.8 Å². The van der Waals surface area contributed by atoms with E-state index in [9.17, 15) is 0 Å². The Hall–Kier alpha value is -0.870. The summed E-state index contributed by atoms with van der Waals surface area (Å²) in [5.74, 6) is 2.30. The van der Waals surface area contributed by atoms with Crippen LogP contribution in [0.25, 0.3) is 10.2 Å². The van der Waals surface area contributed by atoms with Gasteiger partial charge in [0.1, 0.15) is 17.0 Å². The van der Waals surface area contributed by atoms with Crippen LogP contribution in [0.5, 0.6) is 0 Å². The number of hydrogen-bond donors (Lipinski definition) is 1. The lowest BCUT2D eigenvalue weighted by molar-refractivity contribution is 0.490. The fraction of sp³-hybridized carbons (Fsp3) is 0.600. The van der Waals surface area contributed by atoms with Gasteiger partial charge in [-0.05, 0) is 38.2 Å². The second-order valence-electron chi connectivity index (χ2n) is 5.20. The zero-order chi connectivity index (χ0) is 14.5. The molecule has 0 aromatic carbocycles. The Balaban J connectivity index is 2.16. The van der Waals surface area contributed by atoms with Crippen molar-refractivity contribution in [2.24, 2.45) is 5.92 Å². The largest absolute Gasteiger partial charge is 0.369 e. The third-order valence-electron chi connectivity index (χ3n) is 3.74. The maximum atomic E-state index is 5.89. The number of rotatable bonds is 7. The SMILES string of the molecule is CCCC(CCCl)CNc1ncnc2sc(C)c(C)c12. The summed E-state index contributed by atoms with van der Waals surface area (Å²) in [6, 6.07) is 0. The van der Waals surface area contributed by atoms with Gasteiger partial charge in [0.2, 0.25) is 0 Å². The van der Waals surface area contributed by atoms with E-state index in [1.165, 1.54) is 28.7 Å². The average molecular weight is 312 g/mol. The number of aryl methyl sites for hydroxylation is 2. The fourth-order valence-corrected chi connectivity index (χ4v) is 3.77. The number of fused-ring (bicyclic) bond motifs is 1. The maximum Gasteiger partial charge on any atom is 0.138 e. The van der Waals surface area contributed by atoms with Crippen molar-refractivity contribution in [3.8, 4) is 0 Å². The summed E-state index contributed by atoms with van der Waals surface area (Å²) in [5, 5.41) is 4.69. The smallest absolute Gasteiger partial charge is 0.138 e. The van der Waals surface area contributed by atoms with E-state index >= 15 is 0 Å². The summed E-state index contributed by atoms with van der Waals surface area (Å²) < 4.78 is 0. The van der Waals surface area contributed by atoms with Crippen LogP contribution in [0.1, 0.15) is 36.6 Å². The molecule has 0 aliphatic rings. The molecule has 2 aromatic heterocycles. The van der Waals surface area contributed by atoms with Crippen LogP contribution in [0.3, 0.4) is 0 Å². The van der Waals surface area contributed by atoms with Gasteiger partial charge in [-0.15, -0.1) is 22.9 Å². The highest BCUT2D eigenvalue weighted by Crippen LogP contribution is 2.32. The number of nitrogens with zero attached hydrogens (tertiary/aromatic N) is 2. The molecule has 0 radical (unpaired) electrons. The molecule has 2 rings (SSSR count). The minimum atomic E-state index is 0.613. The monoisotopic (exact) mass is 311 g/mol. The average Bonchev–Trinajstić information content (AvgIpc) is 2.73. The number of aromatic nitrogens is 2. The first kappa shape index (κ1) is 15.5. The van der Waals surface area contributed by atoms with Gasteiger partial charge in [-0.3, -0.25) is 0 Å². The molecule has 0 fully saturated rings. The Morgan fingerprint density at radius 1 is 1.30 bits per heavy atom. The van der Waals surface area contributed by atoms with Gasteiger partial charge in [0.25, 0.3) is 0 Å². The number of thiophene rings is 1. The van der Waals surface area contributed by atoms with Crippen molar-refractivity contribution < 1.29 is 0 Å². The second-order valence-corrected chi connectivity index (χ2v) is 6.78. The van der Waals surface area contributed by atoms with E-state index in [0.717, 1.165) is 29.5 Å².